The number of nitrogens with zero attached hydrogens (tertiary/aromatic N) is 1. The molecule has 1 aromatic rings. The lowest BCUT2D eigenvalue weighted by Gasteiger charge is -2.40. The number of likely N-dealkylation sites (N-methyl/N-ethyl adjacent to an activating group) is 1. The lowest BCUT2D eigenvalue weighted by Crippen LogP contribution is -2.39. The first-order chi connectivity index (χ1) is 8.12. The number of benzene rings is 1. The first kappa shape index (κ1) is 12.4. The maximum Gasteiger partial charge on any atom is 0.115 e. The minimum Gasteiger partial charge on any atom is -0.508 e. The van der Waals surface area contributed by atoms with Crippen LogP contribution in [-0.2, 0) is 5.41 Å². The van der Waals surface area contributed by atoms with Gasteiger partial charge in [-0.1, -0.05) is 31.4 Å². The van der Waals surface area contributed by atoms with E-state index in [1.165, 1.54) is 37.7 Å². The second-order valence-corrected chi connectivity index (χ2v) is 5.63. The van der Waals surface area contributed by atoms with E-state index in [2.05, 4.69) is 25.1 Å². The molecule has 0 radical (unpaired) electrons. The van der Waals surface area contributed by atoms with Gasteiger partial charge in [-0.2, -0.15) is 0 Å². The largest absolute Gasteiger partial charge is 0.508 e. The standard InChI is InChI=1S/C15H23NO/c1-16(2)12-15(9-4-3-5-10-15)13-7-6-8-14(17)11-13/h6-8,11,17H,3-5,9-10,12H2,1-2H3. The third-order valence-corrected chi connectivity index (χ3v) is 3.89. The monoisotopic (exact) mass is 233 g/mol. The normalized spacial score (nSPS) is 19.5. The van der Waals surface area contributed by atoms with Gasteiger partial charge < -0.3 is 10.0 Å². The fraction of sp³-hybridized carbons (Fsp3) is 0.600. The molecule has 1 aliphatic carbocycles. The maximum atomic E-state index is 9.68. The summed E-state index contributed by atoms with van der Waals surface area (Å²) in [5, 5.41) is 9.68. The molecule has 0 aromatic heterocycles. The number of rotatable bonds is 3. The van der Waals surface area contributed by atoms with Gasteiger partial charge in [-0.15, -0.1) is 0 Å². The summed E-state index contributed by atoms with van der Waals surface area (Å²) in [5.74, 6) is 0.395. The zero-order valence-corrected chi connectivity index (χ0v) is 10.9. The van der Waals surface area contributed by atoms with Crippen LogP contribution in [0.5, 0.6) is 5.75 Å². The molecule has 1 fully saturated rings. The smallest absolute Gasteiger partial charge is 0.115 e. The second kappa shape index (κ2) is 5.09. The van der Waals surface area contributed by atoms with Crippen molar-refractivity contribution in [2.24, 2.45) is 0 Å². The lowest BCUT2D eigenvalue weighted by molar-refractivity contribution is 0.215. The van der Waals surface area contributed by atoms with E-state index in [1.54, 1.807) is 6.07 Å². The third-order valence-electron chi connectivity index (χ3n) is 3.89. The average Bonchev–Trinajstić information content (AvgIpc) is 2.29. The molecule has 0 heterocycles. The Hall–Kier alpha value is -1.02. The quantitative estimate of drug-likeness (QED) is 0.867. The Morgan fingerprint density at radius 3 is 2.47 bits per heavy atom. The van der Waals surface area contributed by atoms with Crippen molar-refractivity contribution in [2.45, 2.75) is 37.5 Å². The molecule has 2 rings (SSSR count). The van der Waals surface area contributed by atoms with Crippen molar-refractivity contribution in [3.63, 3.8) is 0 Å². The lowest BCUT2D eigenvalue weighted by atomic mass is 9.69. The van der Waals surface area contributed by atoms with Gasteiger partial charge >= 0.3 is 0 Å². The van der Waals surface area contributed by atoms with Gasteiger partial charge in [0.25, 0.3) is 0 Å². The van der Waals surface area contributed by atoms with Gasteiger partial charge in [0.05, 0.1) is 0 Å². The summed E-state index contributed by atoms with van der Waals surface area (Å²) in [7, 11) is 4.28. The van der Waals surface area contributed by atoms with E-state index in [-0.39, 0.29) is 5.41 Å². The molecule has 1 saturated carbocycles. The molecule has 0 unspecified atom stereocenters. The third kappa shape index (κ3) is 2.81. The van der Waals surface area contributed by atoms with E-state index >= 15 is 0 Å². The van der Waals surface area contributed by atoms with E-state index < -0.39 is 0 Å². The van der Waals surface area contributed by atoms with Gasteiger partial charge in [0, 0.05) is 12.0 Å². The predicted molar refractivity (Wildman–Crippen MR) is 71.4 cm³/mol. The highest BCUT2D eigenvalue weighted by Crippen LogP contribution is 2.40. The van der Waals surface area contributed by atoms with Crippen LogP contribution in [0.15, 0.2) is 24.3 Å². The van der Waals surface area contributed by atoms with Gasteiger partial charge in [0.1, 0.15) is 5.75 Å². The van der Waals surface area contributed by atoms with E-state index in [0.717, 1.165) is 6.54 Å². The molecular formula is C15H23NO. The van der Waals surface area contributed by atoms with Crippen LogP contribution in [0.2, 0.25) is 0 Å². The molecule has 2 nitrogen and oxygen atoms in total. The van der Waals surface area contributed by atoms with Crippen LogP contribution < -0.4 is 0 Å². The van der Waals surface area contributed by atoms with Crippen molar-refractivity contribution in [3.8, 4) is 5.75 Å². The Morgan fingerprint density at radius 1 is 1.18 bits per heavy atom. The molecule has 1 aromatic carbocycles. The maximum absolute atomic E-state index is 9.68. The molecule has 0 aliphatic heterocycles. The summed E-state index contributed by atoms with van der Waals surface area (Å²) < 4.78 is 0. The van der Waals surface area contributed by atoms with Crippen LogP contribution in [0, 0.1) is 0 Å². The summed E-state index contributed by atoms with van der Waals surface area (Å²) in [6.45, 7) is 1.08. The van der Waals surface area contributed by atoms with Crippen LogP contribution >= 0.6 is 0 Å². The highest BCUT2D eigenvalue weighted by molar-refractivity contribution is 5.34. The number of hydrogen-bond acceptors (Lipinski definition) is 2. The highest BCUT2D eigenvalue weighted by Gasteiger charge is 2.34. The summed E-state index contributed by atoms with van der Waals surface area (Å²) >= 11 is 0. The summed E-state index contributed by atoms with van der Waals surface area (Å²) in [6.07, 6.45) is 6.46. The van der Waals surface area contributed by atoms with Crippen molar-refractivity contribution >= 4 is 0 Å². The molecule has 0 bridgehead atoms. The molecule has 1 aliphatic rings. The van der Waals surface area contributed by atoms with Crippen molar-refractivity contribution in [1.29, 1.82) is 0 Å². The molecule has 0 atom stereocenters. The zero-order chi connectivity index (χ0) is 12.3. The Kier molecular flexibility index (Phi) is 3.72. The van der Waals surface area contributed by atoms with Crippen LogP contribution in [-0.4, -0.2) is 30.6 Å². The van der Waals surface area contributed by atoms with Gasteiger partial charge in [-0.3, -0.25) is 0 Å². The SMILES string of the molecule is CN(C)CC1(c2cccc(O)c2)CCCCC1. The number of phenolic OH excluding ortho intramolecular Hbond substituents is 1. The molecule has 17 heavy (non-hydrogen) atoms. The summed E-state index contributed by atoms with van der Waals surface area (Å²) in [6, 6.07) is 7.86. The Morgan fingerprint density at radius 2 is 1.88 bits per heavy atom. The number of phenols is 1. The Balaban J connectivity index is 2.31. The van der Waals surface area contributed by atoms with Crippen LogP contribution in [0.3, 0.4) is 0 Å². The van der Waals surface area contributed by atoms with Crippen LogP contribution in [0.1, 0.15) is 37.7 Å². The highest BCUT2D eigenvalue weighted by atomic mass is 16.3. The van der Waals surface area contributed by atoms with Crippen molar-refractivity contribution in [2.75, 3.05) is 20.6 Å². The molecule has 0 amide bonds. The molecule has 0 spiro atoms. The average molecular weight is 233 g/mol. The molecule has 0 saturated heterocycles. The van der Waals surface area contributed by atoms with Gasteiger partial charge in [0.15, 0.2) is 0 Å². The second-order valence-electron chi connectivity index (χ2n) is 5.63. The first-order valence-corrected chi connectivity index (χ1v) is 6.57. The molecule has 94 valence electrons. The fourth-order valence-corrected chi connectivity index (χ4v) is 3.21. The number of hydrogen-bond donors (Lipinski definition) is 1. The van der Waals surface area contributed by atoms with Crippen LogP contribution in [0.4, 0.5) is 0 Å². The van der Waals surface area contributed by atoms with E-state index in [1.807, 2.05) is 12.1 Å². The zero-order valence-electron chi connectivity index (χ0n) is 10.9. The Labute approximate surface area is 104 Å². The van der Waals surface area contributed by atoms with E-state index in [0.29, 0.717) is 5.75 Å². The van der Waals surface area contributed by atoms with Crippen molar-refractivity contribution < 1.29 is 5.11 Å². The molecule has 1 N–H and O–H groups in total. The molecule has 2 heteroatoms. The van der Waals surface area contributed by atoms with Crippen LogP contribution in [0.25, 0.3) is 0 Å². The topological polar surface area (TPSA) is 23.5 Å². The van der Waals surface area contributed by atoms with Gasteiger partial charge in [-0.25, -0.2) is 0 Å². The summed E-state index contributed by atoms with van der Waals surface area (Å²) in [4.78, 5) is 2.27. The Bertz CT molecular complexity index is 367. The molecular weight excluding hydrogens is 210 g/mol. The minimum atomic E-state index is 0.250. The number of aromatic hydroxyl groups is 1. The van der Waals surface area contributed by atoms with Crippen molar-refractivity contribution in [1.82, 2.24) is 4.90 Å². The summed E-state index contributed by atoms with van der Waals surface area (Å²) in [5.41, 5.74) is 1.56. The first-order valence-electron chi connectivity index (χ1n) is 6.57. The predicted octanol–water partition coefficient (Wildman–Crippen LogP) is 3.16. The fourth-order valence-electron chi connectivity index (χ4n) is 3.21. The van der Waals surface area contributed by atoms with Gasteiger partial charge in [0.2, 0.25) is 0 Å². The van der Waals surface area contributed by atoms with Crippen molar-refractivity contribution in [3.05, 3.63) is 29.8 Å². The van der Waals surface area contributed by atoms with Gasteiger partial charge in [-0.05, 0) is 44.6 Å². The van der Waals surface area contributed by atoms with E-state index in [4.69, 9.17) is 0 Å². The van der Waals surface area contributed by atoms with E-state index in [9.17, 15) is 5.11 Å². The minimum absolute atomic E-state index is 0.250.